The van der Waals surface area contributed by atoms with Gasteiger partial charge in [-0.1, -0.05) is 47.6 Å². The molecule has 4 rings (SSSR count). The first kappa shape index (κ1) is 22.0. The Morgan fingerprint density at radius 1 is 1.06 bits per heavy atom. The normalized spacial score (nSPS) is 14.3. The Labute approximate surface area is 187 Å². The molecule has 32 heavy (non-hydrogen) atoms. The van der Waals surface area contributed by atoms with Crippen molar-refractivity contribution in [1.29, 1.82) is 5.41 Å². The zero-order valence-corrected chi connectivity index (χ0v) is 17.9. The van der Waals surface area contributed by atoms with Crippen LogP contribution in [-0.4, -0.2) is 55.4 Å². The summed E-state index contributed by atoms with van der Waals surface area (Å²) in [4.78, 5) is 2.30. The van der Waals surface area contributed by atoms with E-state index in [4.69, 9.17) is 14.7 Å². The van der Waals surface area contributed by atoms with Gasteiger partial charge in [-0.15, -0.1) is 0 Å². The third kappa shape index (κ3) is 6.15. The second-order valence-electron chi connectivity index (χ2n) is 7.74. The summed E-state index contributed by atoms with van der Waals surface area (Å²) in [6.07, 6.45) is 1.26. The molecule has 0 radical (unpaired) electrons. The number of morpholine rings is 1. The van der Waals surface area contributed by atoms with E-state index in [1.165, 1.54) is 0 Å². The molecule has 0 bridgehead atoms. The number of anilines is 1. The Morgan fingerprint density at radius 3 is 2.66 bits per heavy atom. The van der Waals surface area contributed by atoms with Crippen LogP contribution in [0.5, 0.6) is 0 Å². The molecule has 1 aliphatic rings. The van der Waals surface area contributed by atoms with E-state index < -0.39 is 0 Å². The maximum Gasteiger partial charge on any atom is 0.231 e. The molecule has 1 fully saturated rings. The van der Waals surface area contributed by atoms with Crippen molar-refractivity contribution < 1.29 is 13.7 Å². The summed E-state index contributed by atoms with van der Waals surface area (Å²) in [5, 5.41) is 18.0. The Balaban J connectivity index is 1.23. The minimum absolute atomic E-state index is 0.166. The van der Waals surface area contributed by atoms with Crippen LogP contribution in [0.1, 0.15) is 11.3 Å². The van der Waals surface area contributed by atoms with Crippen LogP contribution in [0.3, 0.4) is 0 Å². The molecule has 1 aromatic heterocycles. The second kappa shape index (κ2) is 10.9. The number of rotatable bonds is 8. The summed E-state index contributed by atoms with van der Waals surface area (Å²) in [5.74, 6) is 0.349. The van der Waals surface area contributed by atoms with Gasteiger partial charge >= 0.3 is 0 Å². The SMILES string of the molecule is N=C(NCCN1CCOCC1)Nc1cc(CCc2ccc(-c3ccccc3)c(F)c2)no1. The molecule has 0 spiro atoms. The monoisotopic (exact) mass is 437 g/mol. The summed E-state index contributed by atoms with van der Waals surface area (Å²) < 4.78 is 25.2. The van der Waals surface area contributed by atoms with Crippen molar-refractivity contribution in [3.05, 3.63) is 71.7 Å². The first-order chi connectivity index (χ1) is 15.7. The van der Waals surface area contributed by atoms with Crippen LogP contribution < -0.4 is 10.6 Å². The van der Waals surface area contributed by atoms with Gasteiger partial charge in [0.15, 0.2) is 5.96 Å². The molecule has 7 nitrogen and oxygen atoms in total. The number of hydrogen-bond acceptors (Lipinski definition) is 5. The number of aryl methyl sites for hydroxylation is 2. The third-order valence-corrected chi connectivity index (χ3v) is 5.43. The first-order valence-electron chi connectivity index (χ1n) is 10.9. The number of guanidine groups is 1. The van der Waals surface area contributed by atoms with Crippen molar-refractivity contribution >= 4 is 11.8 Å². The van der Waals surface area contributed by atoms with E-state index in [-0.39, 0.29) is 11.8 Å². The molecule has 0 amide bonds. The predicted octanol–water partition coefficient (Wildman–Crippen LogP) is 3.53. The van der Waals surface area contributed by atoms with E-state index in [1.807, 2.05) is 42.5 Å². The summed E-state index contributed by atoms with van der Waals surface area (Å²) in [6.45, 7) is 4.90. The summed E-state index contributed by atoms with van der Waals surface area (Å²) in [5.41, 5.74) is 3.12. The largest absolute Gasteiger partial charge is 0.379 e. The van der Waals surface area contributed by atoms with Gasteiger partial charge in [0.25, 0.3) is 0 Å². The summed E-state index contributed by atoms with van der Waals surface area (Å²) in [7, 11) is 0. The maximum atomic E-state index is 14.5. The third-order valence-electron chi connectivity index (χ3n) is 5.43. The molecule has 168 valence electrons. The van der Waals surface area contributed by atoms with Crippen molar-refractivity contribution in [2.45, 2.75) is 12.8 Å². The molecule has 1 saturated heterocycles. The average molecular weight is 438 g/mol. The number of benzene rings is 2. The van der Waals surface area contributed by atoms with Gasteiger partial charge < -0.3 is 14.6 Å². The molecule has 3 aromatic rings. The molecule has 0 atom stereocenters. The van der Waals surface area contributed by atoms with Crippen LogP contribution in [0.15, 0.2) is 59.1 Å². The van der Waals surface area contributed by atoms with Gasteiger partial charge in [0.05, 0.1) is 18.9 Å². The maximum absolute atomic E-state index is 14.5. The molecule has 1 aliphatic heterocycles. The van der Waals surface area contributed by atoms with Gasteiger partial charge in [0.1, 0.15) is 5.82 Å². The quantitative estimate of drug-likeness (QED) is 0.369. The predicted molar refractivity (Wildman–Crippen MR) is 122 cm³/mol. The standard InChI is InChI=1S/C24H28FN5O2/c25-22-16-18(7-9-21(22)19-4-2-1-3-5-19)6-8-20-17-23(32-29-20)28-24(26)27-10-11-30-12-14-31-15-13-30/h1-5,7,9,16-17H,6,8,10-15H2,(H3,26,27,28). The van der Waals surface area contributed by atoms with Crippen LogP contribution in [-0.2, 0) is 17.6 Å². The van der Waals surface area contributed by atoms with E-state index >= 15 is 0 Å². The van der Waals surface area contributed by atoms with Gasteiger partial charge in [0.2, 0.25) is 5.88 Å². The Hall–Kier alpha value is -3.23. The average Bonchev–Trinajstić information content (AvgIpc) is 3.26. The molecule has 3 N–H and O–H groups in total. The number of ether oxygens (including phenoxy) is 1. The minimum Gasteiger partial charge on any atom is -0.379 e. The van der Waals surface area contributed by atoms with Crippen molar-refractivity contribution in [2.75, 3.05) is 44.7 Å². The van der Waals surface area contributed by atoms with Crippen LogP contribution in [0.4, 0.5) is 10.3 Å². The lowest BCUT2D eigenvalue weighted by atomic mass is 10.0. The second-order valence-corrected chi connectivity index (χ2v) is 7.74. The lowest BCUT2D eigenvalue weighted by Gasteiger charge is -2.26. The number of halogens is 1. The smallest absolute Gasteiger partial charge is 0.231 e. The van der Waals surface area contributed by atoms with E-state index in [2.05, 4.69) is 20.7 Å². The van der Waals surface area contributed by atoms with Gasteiger partial charge in [-0.05, 0) is 30.0 Å². The molecule has 0 unspecified atom stereocenters. The van der Waals surface area contributed by atoms with E-state index in [9.17, 15) is 4.39 Å². The number of hydrogen-bond donors (Lipinski definition) is 3. The molecule has 8 heteroatoms. The zero-order valence-electron chi connectivity index (χ0n) is 17.9. The molecule has 2 aromatic carbocycles. The molecular weight excluding hydrogens is 409 g/mol. The summed E-state index contributed by atoms with van der Waals surface area (Å²) >= 11 is 0. The van der Waals surface area contributed by atoms with E-state index in [0.717, 1.165) is 49.7 Å². The fourth-order valence-corrected chi connectivity index (χ4v) is 3.66. The fourth-order valence-electron chi connectivity index (χ4n) is 3.66. The molecule has 0 aliphatic carbocycles. The van der Waals surface area contributed by atoms with Gasteiger partial charge in [-0.3, -0.25) is 15.6 Å². The topological polar surface area (TPSA) is 86.4 Å². The first-order valence-corrected chi connectivity index (χ1v) is 10.9. The van der Waals surface area contributed by atoms with Crippen LogP contribution in [0.2, 0.25) is 0 Å². The van der Waals surface area contributed by atoms with Gasteiger partial charge in [-0.2, -0.15) is 0 Å². The van der Waals surface area contributed by atoms with E-state index in [1.54, 1.807) is 12.1 Å². The lowest BCUT2D eigenvalue weighted by molar-refractivity contribution is 0.0389. The highest BCUT2D eigenvalue weighted by Crippen LogP contribution is 2.24. The Kier molecular flexibility index (Phi) is 7.47. The van der Waals surface area contributed by atoms with Gasteiger partial charge in [-0.25, -0.2) is 4.39 Å². The number of nitrogens with one attached hydrogen (secondary N) is 3. The van der Waals surface area contributed by atoms with Crippen LogP contribution >= 0.6 is 0 Å². The highest BCUT2D eigenvalue weighted by atomic mass is 19.1. The molecular formula is C24H28FN5O2. The zero-order chi connectivity index (χ0) is 22.2. The van der Waals surface area contributed by atoms with Crippen molar-refractivity contribution in [3.8, 4) is 11.1 Å². The van der Waals surface area contributed by atoms with E-state index in [0.29, 0.717) is 30.8 Å². The lowest BCUT2D eigenvalue weighted by Crippen LogP contribution is -2.42. The Bertz CT molecular complexity index is 1020. The minimum atomic E-state index is -0.229. The van der Waals surface area contributed by atoms with Crippen LogP contribution in [0.25, 0.3) is 11.1 Å². The fraction of sp³-hybridized carbons (Fsp3) is 0.333. The van der Waals surface area contributed by atoms with Gasteiger partial charge in [0, 0.05) is 37.8 Å². The van der Waals surface area contributed by atoms with Crippen molar-refractivity contribution in [1.82, 2.24) is 15.4 Å². The molecule has 0 saturated carbocycles. The summed E-state index contributed by atoms with van der Waals surface area (Å²) in [6, 6.07) is 16.6. The highest BCUT2D eigenvalue weighted by Gasteiger charge is 2.11. The van der Waals surface area contributed by atoms with Crippen LogP contribution in [0, 0.1) is 11.2 Å². The number of nitrogens with zero attached hydrogens (tertiary/aromatic N) is 2. The van der Waals surface area contributed by atoms with Crippen molar-refractivity contribution in [2.24, 2.45) is 0 Å². The van der Waals surface area contributed by atoms with Crippen molar-refractivity contribution in [3.63, 3.8) is 0 Å². The number of aromatic nitrogens is 1. The molecule has 2 heterocycles. The highest BCUT2D eigenvalue weighted by molar-refractivity contribution is 5.89. The Morgan fingerprint density at radius 2 is 1.88 bits per heavy atom.